The molecule has 3 aromatic carbocycles. The van der Waals surface area contributed by atoms with Gasteiger partial charge in [0, 0.05) is 29.7 Å². The molecule has 14 heteroatoms. The van der Waals surface area contributed by atoms with Gasteiger partial charge in [0.25, 0.3) is 15.6 Å². The number of nitrogens with one attached hydrogen (secondary N) is 2. The summed E-state index contributed by atoms with van der Waals surface area (Å²) in [6.45, 7) is 1.88. The zero-order chi connectivity index (χ0) is 32.4. The van der Waals surface area contributed by atoms with Crippen molar-refractivity contribution in [2.24, 2.45) is 0 Å². The van der Waals surface area contributed by atoms with Gasteiger partial charge in [0.15, 0.2) is 0 Å². The third-order valence-corrected chi connectivity index (χ3v) is 8.84. The highest BCUT2D eigenvalue weighted by atomic mass is 35.5. The van der Waals surface area contributed by atoms with Crippen molar-refractivity contribution < 1.29 is 12.8 Å². The molecule has 0 aliphatic heterocycles. The maximum atomic E-state index is 14.9. The number of para-hydroxylation sites is 2. The number of anilines is 3. The van der Waals surface area contributed by atoms with Gasteiger partial charge < -0.3 is 11.1 Å². The summed E-state index contributed by atoms with van der Waals surface area (Å²) in [5.74, 6) is -0.182. The first-order chi connectivity index (χ1) is 22.2. The summed E-state index contributed by atoms with van der Waals surface area (Å²) in [4.78, 5) is 31.1. The van der Waals surface area contributed by atoms with Crippen molar-refractivity contribution in [3.8, 4) is 16.8 Å². The van der Waals surface area contributed by atoms with E-state index in [1.54, 1.807) is 60.7 Å². The lowest BCUT2D eigenvalue weighted by molar-refractivity contribution is 0.601. The number of pyridine rings is 1. The fraction of sp³-hybridized carbons (Fsp3) is 0.0938. The van der Waals surface area contributed by atoms with E-state index in [9.17, 15) is 17.6 Å². The van der Waals surface area contributed by atoms with E-state index in [-0.39, 0.29) is 38.3 Å². The van der Waals surface area contributed by atoms with E-state index in [0.29, 0.717) is 29.1 Å². The van der Waals surface area contributed by atoms with Crippen LogP contribution in [0.1, 0.15) is 25.2 Å². The van der Waals surface area contributed by atoms with E-state index in [1.807, 2.05) is 6.92 Å². The Morgan fingerprint density at radius 3 is 2.50 bits per heavy atom. The van der Waals surface area contributed by atoms with Crippen LogP contribution in [0, 0.1) is 5.82 Å². The quantitative estimate of drug-likeness (QED) is 0.170. The highest BCUT2D eigenvalue weighted by molar-refractivity contribution is 7.92. The Labute approximate surface area is 268 Å². The standard InChI is InChI=1S/C32H26ClFN8O3S/c1-2-25(30-39-27-14-8-12-24(34)28(27)31(43)42(30)20-9-4-3-5-10-20)38-29-22(18-37-32(35)40-29)19-15-21(17-36-16-19)46(44,45)41-26-13-7-6-11-23(26)33/h3-18,25,41H,2H2,1H3,(H3,35,37,38,40). The van der Waals surface area contributed by atoms with E-state index in [2.05, 4.69) is 25.0 Å². The predicted molar refractivity (Wildman–Crippen MR) is 176 cm³/mol. The molecule has 4 N–H and O–H groups in total. The molecule has 232 valence electrons. The molecule has 0 saturated heterocycles. The molecule has 6 aromatic rings. The van der Waals surface area contributed by atoms with Crippen LogP contribution in [0.5, 0.6) is 0 Å². The van der Waals surface area contributed by atoms with Gasteiger partial charge in [-0.15, -0.1) is 0 Å². The number of nitrogens with zero attached hydrogens (tertiary/aromatic N) is 5. The number of aromatic nitrogens is 5. The number of rotatable bonds is 9. The van der Waals surface area contributed by atoms with Gasteiger partial charge in [-0.3, -0.25) is 19.1 Å². The summed E-state index contributed by atoms with van der Waals surface area (Å²) >= 11 is 6.17. The van der Waals surface area contributed by atoms with Gasteiger partial charge >= 0.3 is 0 Å². The number of benzene rings is 3. The lowest BCUT2D eigenvalue weighted by Gasteiger charge is -2.23. The number of nitrogen functional groups attached to an aromatic ring is 1. The molecule has 1 atom stereocenters. The number of fused-ring (bicyclic) bond motifs is 1. The van der Waals surface area contributed by atoms with Gasteiger partial charge in [-0.05, 0) is 48.9 Å². The number of halogens is 2. The lowest BCUT2D eigenvalue weighted by Crippen LogP contribution is -2.29. The van der Waals surface area contributed by atoms with E-state index in [4.69, 9.17) is 22.3 Å². The second-order valence-corrected chi connectivity index (χ2v) is 12.3. The van der Waals surface area contributed by atoms with E-state index >= 15 is 0 Å². The van der Waals surface area contributed by atoms with Gasteiger partial charge in [0.1, 0.15) is 27.7 Å². The SMILES string of the molecule is CCC(Nc1nc(N)ncc1-c1cncc(S(=O)(=O)Nc2ccccc2Cl)c1)c1nc2cccc(F)c2c(=O)n1-c1ccccc1. The first-order valence-corrected chi connectivity index (χ1v) is 15.9. The van der Waals surface area contributed by atoms with Gasteiger partial charge in [-0.25, -0.2) is 22.8 Å². The molecular formula is C32H26ClFN8O3S. The Morgan fingerprint density at radius 1 is 0.978 bits per heavy atom. The Hall–Kier alpha value is -5.40. The molecule has 0 fully saturated rings. The van der Waals surface area contributed by atoms with Gasteiger partial charge in [-0.2, -0.15) is 4.98 Å². The van der Waals surface area contributed by atoms with Crippen LogP contribution >= 0.6 is 11.6 Å². The van der Waals surface area contributed by atoms with Crippen LogP contribution in [0.15, 0.2) is 107 Å². The van der Waals surface area contributed by atoms with Crippen LogP contribution in [0.3, 0.4) is 0 Å². The van der Waals surface area contributed by atoms with Crippen LogP contribution in [0.25, 0.3) is 27.7 Å². The summed E-state index contributed by atoms with van der Waals surface area (Å²) < 4.78 is 45.3. The predicted octanol–water partition coefficient (Wildman–Crippen LogP) is 5.98. The van der Waals surface area contributed by atoms with E-state index in [1.165, 1.54) is 41.4 Å². The van der Waals surface area contributed by atoms with Crippen LogP contribution in [-0.4, -0.2) is 32.9 Å². The highest BCUT2D eigenvalue weighted by Crippen LogP contribution is 2.32. The fourth-order valence-electron chi connectivity index (χ4n) is 4.96. The highest BCUT2D eigenvalue weighted by Gasteiger charge is 2.24. The van der Waals surface area contributed by atoms with Crippen molar-refractivity contribution >= 4 is 50.0 Å². The summed E-state index contributed by atoms with van der Waals surface area (Å²) in [5, 5.41) is 3.42. The van der Waals surface area contributed by atoms with Gasteiger partial charge in [0.05, 0.1) is 28.0 Å². The topological polar surface area (TPSA) is 158 Å². The lowest BCUT2D eigenvalue weighted by atomic mass is 10.1. The number of nitrogens with two attached hydrogens (primary N) is 1. The Morgan fingerprint density at radius 2 is 1.74 bits per heavy atom. The first-order valence-electron chi connectivity index (χ1n) is 14.0. The number of sulfonamides is 1. The van der Waals surface area contributed by atoms with Crippen molar-refractivity contribution in [1.29, 1.82) is 0 Å². The van der Waals surface area contributed by atoms with Crippen molar-refractivity contribution in [2.45, 2.75) is 24.3 Å². The van der Waals surface area contributed by atoms with Crippen LogP contribution in [-0.2, 0) is 10.0 Å². The molecule has 0 aliphatic carbocycles. The third kappa shape index (κ3) is 5.97. The number of hydrogen-bond acceptors (Lipinski definition) is 9. The smallest absolute Gasteiger partial charge is 0.269 e. The molecule has 11 nitrogen and oxygen atoms in total. The zero-order valence-corrected chi connectivity index (χ0v) is 25.8. The minimum Gasteiger partial charge on any atom is -0.368 e. The largest absolute Gasteiger partial charge is 0.368 e. The molecular weight excluding hydrogens is 631 g/mol. The first kappa shape index (κ1) is 30.6. The average molecular weight is 657 g/mol. The second-order valence-electron chi connectivity index (χ2n) is 10.2. The van der Waals surface area contributed by atoms with Crippen molar-refractivity contribution in [3.05, 3.63) is 124 Å². The van der Waals surface area contributed by atoms with Crippen LogP contribution < -0.4 is 21.3 Å². The monoisotopic (exact) mass is 656 g/mol. The molecule has 46 heavy (non-hydrogen) atoms. The van der Waals surface area contributed by atoms with Crippen molar-refractivity contribution in [2.75, 3.05) is 15.8 Å². The summed E-state index contributed by atoms with van der Waals surface area (Å²) in [6, 6.07) is 20.3. The normalized spacial score (nSPS) is 12.2. The fourth-order valence-corrected chi connectivity index (χ4v) is 6.27. The molecule has 0 amide bonds. The van der Waals surface area contributed by atoms with Crippen LogP contribution in [0.4, 0.5) is 21.8 Å². The molecule has 0 spiro atoms. The maximum Gasteiger partial charge on any atom is 0.269 e. The zero-order valence-electron chi connectivity index (χ0n) is 24.2. The third-order valence-electron chi connectivity index (χ3n) is 7.18. The molecule has 0 bridgehead atoms. The van der Waals surface area contributed by atoms with Gasteiger partial charge in [0.2, 0.25) is 5.95 Å². The molecule has 3 heterocycles. The maximum absolute atomic E-state index is 14.9. The number of hydrogen-bond donors (Lipinski definition) is 3. The molecule has 0 saturated carbocycles. The molecule has 1 unspecified atom stereocenters. The second kappa shape index (κ2) is 12.5. The molecule has 6 rings (SSSR count). The molecule has 3 aromatic heterocycles. The minimum atomic E-state index is -4.08. The van der Waals surface area contributed by atoms with Crippen molar-refractivity contribution in [3.63, 3.8) is 0 Å². The van der Waals surface area contributed by atoms with Gasteiger partial charge in [-0.1, -0.05) is 54.9 Å². The average Bonchev–Trinajstić information content (AvgIpc) is 3.05. The minimum absolute atomic E-state index is 0.0489. The Balaban J connectivity index is 1.44. The molecule has 0 aliphatic rings. The Kier molecular flexibility index (Phi) is 8.35. The van der Waals surface area contributed by atoms with E-state index < -0.39 is 27.4 Å². The Bertz CT molecular complexity index is 2250. The van der Waals surface area contributed by atoms with E-state index in [0.717, 1.165) is 0 Å². The van der Waals surface area contributed by atoms with Crippen molar-refractivity contribution in [1.82, 2.24) is 24.5 Å². The summed E-state index contributed by atoms with van der Waals surface area (Å²) in [6.07, 6.45) is 4.53. The van der Waals surface area contributed by atoms with Crippen LogP contribution in [0.2, 0.25) is 5.02 Å². The summed E-state index contributed by atoms with van der Waals surface area (Å²) in [5.41, 5.74) is 7.08. The molecule has 0 radical (unpaired) electrons. The summed E-state index contributed by atoms with van der Waals surface area (Å²) in [7, 11) is -4.08.